The van der Waals surface area contributed by atoms with Crippen molar-refractivity contribution in [2.45, 2.75) is 0 Å². The number of aromatic nitrogens is 2. The average molecular weight is 307 g/mol. The van der Waals surface area contributed by atoms with Crippen LogP contribution in [-0.2, 0) is 0 Å². The summed E-state index contributed by atoms with van der Waals surface area (Å²) in [7, 11) is 0. The Hall–Kier alpha value is -2.04. The predicted molar refractivity (Wildman–Crippen MR) is 77.6 cm³/mol. The van der Waals surface area contributed by atoms with E-state index in [0.717, 1.165) is 0 Å². The zero-order chi connectivity index (χ0) is 14.3. The Morgan fingerprint density at radius 3 is 2.60 bits per heavy atom. The summed E-state index contributed by atoms with van der Waals surface area (Å²) in [5.41, 5.74) is 1.15. The second-order valence-electron chi connectivity index (χ2n) is 4.15. The maximum Gasteiger partial charge on any atom is 0.337 e. The fourth-order valence-electron chi connectivity index (χ4n) is 2.10. The first-order valence-corrected chi connectivity index (χ1v) is 6.50. The van der Waals surface area contributed by atoms with E-state index >= 15 is 0 Å². The molecule has 0 saturated heterocycles. The van der Waals surface area contributed by atoms with E-state index in [9.17, 15) is 9.90 Å². The number of carboxylic acids is 1. The van der Waals surface area contributed by atoms with Crippen molar-refractivity contribution >= 4 is 34.7 Å². The van der Waals surface area contributed by atoms with E-state index in [2.05, 4.69) is 4.98 Å². The molecule has 1 N–H and O–H groups in total. The van der Waals surface area contributed by atoms with Crippen LogP contribution >= 0.6 is 23.2 Å². The summed E-state index contributed by atoms with van der Waals surface area (Å²) in [5, 5.41) is 9.88. The number of fused-ring (bicyclic) bond motifs is 1. The summed E-state index contributed by atoms with van der Waals surface area (Å²) in [6, 6.07) is 10.3. The second kappa shape index (κ2) is 4.81. The third-order valence-electron chi connectivity index (χ3n) is 2.97. The molecule has 0 radical (unpaired) electrons. The van der Waals surface area contributed by atoms with Crippen LogP contribution in [0.3, 0.4) is 0 Å². The van der Waals surface area contributed by atoms with E-state index in [-0.39, 0.29) is 10.7 Å². The van der Waals surface area contributed by atoms with Crippen LogP contribution in [0.15, 0.2) is 42.6 Å². The van der Waals surface area contributed by atoms with E-state index < -0.39 is 5.97 Å². The highest BCUT2D eigenvalue weighted by Gasteiger charge is 2.18. The number of aromatic carboxylic acids is 1. The first-order valence-electron chi connectivity index (χ1n) is 5.74. The molecule has 3 rings (SSSR count). The van der Waals surface area contributed by atoms with Crippen LogP contribution in [0.2, 0.25) is 10.2 Å². The largest absolute Gasteiger partial charge is 0.478 e. The molecule has 2 heterocycles. The Morgan fingerprint density at radius 2 is 1.90 bits per heavy atom. The Balaban J connectivity index is 2.38. The van der Waals surface area contributed by atoms with Crippen molar-refractivity contribution in [3.05, 3.63) is 58.3 Å². The van der Waals surface area contributed by atoms with Gasteiger partial charge >= 0.3 is 5.97 Å². The lowest BCUT2D eigenvalue weighted by Gasteiger charge is -2.04. The van der Waals surface area contributed by atoms with Gasteiger partial charge in [-0.25, -0.2) is 9.78 Å². The zero-order valence-electron chi connectivity index (χ0n) is 10.0. The molecular formula is C14H8Cl2N2O2. The molecule has 1 aromatic carbocycles. The minimum atomic E-state index is -1.05. The lowest BCUT2D eigenvalue weighted by atomic mass is 10.2. The van der Waals surface area contributed by atoms with Crippen LogP contribution in [0.1, 0.15) is 10.4 Å². The number of carbonyl (C=O) groups is 1. The lowest BCUT2D eigenvalue weighted by molar-refractivity contribution is 0.0698. The van der Waals surface area contributed by atoms with E-state index in [4.69, 9.17) is 23.2 Å². The fraction of sp³-hybridized carbons (Fsp3) is 0. The number of carboxylic acid groups (broad SMARTS) is 1. The number of benzene rings is 1. The zero-order valence-corrected chi connectivity index (χ0v) is 11.6. The number of nitrogens with zero attached hydrogens (tertiary/aromatic N) is 2. The van der Waals surface area contributed by atoms with Crippen LogP contribution < -0.4 is 0 Å². The van der Waals surface area contributed by atoms with Gasteiger partial charge in [-0.05, 0) is 24.3 Å². The van der Waals surface area contributed by atoms with Crippen molar-refractivity contribution in [1.29, 1.82) is 0 Å². The molecule has 4 nitrogen and oxygen atoms in total. The van der Waals surface area contributed by atoms with E-state index in [1.807, 2.05) is 12.1 Å². The van der Waals surface area contributed by atoms with Gasteiger partial charge in [0.1, 0.15) is 5.82 Å². The minimum Gasteiger partial charge on any atom is -0.478 e. The first kappa shape index (κ1) is 13.0. The quantitative estimate of drug-likeness (QED) is 0.778. The van der Waals surface area contributed by atoms with Crippen molar-refractivity contribution in [3.8, 4) is 11.4 Å². The van der Waals surface area contributed by atoms with E-state index in [0.29, 0.717) is 21.9 Å². The molecule has 0 aliphatic heterocycles. The van der Waals surface area contributed by atoms with Crippen molar-refractivity contribution in [1.82, 2.24) is 9.38 Å². The molecule has 0 bridgehead atoms. The van der Waals surface area contributed by atoms with Crippen molar-refractivity contribution in [3.63, 3.8) is 0 Å². The Bertz CT molecular complexity index is 827. The van der Waals surface area contributed by atoms with Gasteiger partial charge in [0.25, 0.3) is 0 Å². The van der Waals surface area contributed by atoms with Gasteiger partial charge in [0.15, 0.2) is 5.15 Å². The van der Waals surface area contributed by atoms with Crippen molar-refractivity contribution < 1.29 is 9.90 Å². The van der Waals surface area contributed by atoms with Gasteiger partial charge in [-0.15, -0.1) is 0 Å². The maximum absolute atomic E-state index is 11.3. The third kappa shape index (κ3) is 1.94. The highest BCUT2D eigenvalue weighted by Crippen LogP contribution is 2.31. The van der Waals surface area contributed by atoms with Gasteiger partial charge in [-0.1, -0.05) is 35.3 Å². The van der Waals surface area contributed by atoms with E-state index in [1.165, 1.54) is 6.07 Å². The number of pyridine rings is 1. The summed E-state index contributed by atoms with van der Waals surface area (Å²) in [6.07, 6.45) is 1.71. The van der Waals surface area contributed by atoms with Gasteiger partial charge in [-0.3, -0.25) is 4.40 Å². The average Bonchev–Trinajstić information content (AvgIpc) is 2.77. The van der Waals surface area contributed by atoms with Crippen LogP contribution in [0.25, 0.3) is 16.9 Å². The Labute approximate surface area is 124 Å². The van der Waals surface area contributed by atoms with Gasteiger partial charge in [-0.2, -0.15) is 0 Å². The SMILES string of the molecule is O=C(O)c1cccn2c(-c3ccccc3Cl)nc(Cl)c12. The van der Waals surface area contributed by atoms with Gasteiger partial charge in [0.05, 0.1) is 16.1 Å². The van der Waals surface area contributed by atoms with Gasteiger partial charge in [0.2, 0.25) is 0 Å². The molecule has 0 spiro atoms. The number of hydrogen-bond donors (Lipinski definition) is 1. The highest BCUT2D eigenvalue weighted by atomic mass is 35.5. The second-order valence-corrected chi connectivity index (χ2v) is 4.92. The molecule has 6 heteroatoms. The van der Waals surface area contributed by atoms with E-state index in [1.54, 1.807) is 28.8 Å². The number of hydrogen-bond acceptors (Lipinski definition) is 2. The summed E-state index contributed by atoms with van der Waals surface area (Å²) in [4.78, 5) is 15.5. The molecule has 0 aliphatic carbocycles. The molecule has 2 aromatic heterocycles. The van der Waals surface area contributed by atoms with Crippen LogP contribution in [-0.4, -0.2) is 20.5 Å². The molecule has 0 unspecified atom stereocenters. The third-order valence-corrected chi connectivity index (χ3v) is 3.56. The fourth-order valence-corrected chi connectivity index (χ4v) is 2.59. The predicted octanol–water partition coefficient (Wildman–Crippen LogP) is 4.01. The smallest absolute Gasteiger partial charge is 0.337 e. The standard InChI is InChI=1S/C14H8Cl2N2O2/c15-10-6-2-1-4-8(10)13-17-12(16)11-9(14(19)20)5-3-7-18(11)13/h1-7H,(H,19,20). The van der Waals surface area contributed by atoms with Crippen LogP contribution in [0.4, 0.5) is 0 Å². The molecular weight excluding hydrogens is 299 g/mol. The number of halogens is 2. The molecule has 0 atom stereocenters. The minimum absolute atomic E-state index is 0.100. The number of rotatable bonds is 2. The summed E-state index contributed by atoms with van der Waals surface area (Å²) in [6.45, 7) is 0. The topological polar surface area (TPSA) is 54.6 Å². The van der Waals surface area contributed by atoms with Crippen LogP contribution in [0.5, 0.6) is 0 Å². The molecule has 3 aromatic rings. The number of imidazole rings is 1. The first-order chi connectivity index (χ1) is 9.59. The van der Waals surface area contributed by atoms with Crippen molar-refractivity contribution in [2.24, 2.45) is 0 Å². The maximum atomic E-state index is 11.3. The highest BCUT2D eigenvalue weighted by molar-refractivity contribution is 6.35. The Morgan fingerprint density at radius 1 is 1.15 bits per heavy atom. The summed E-state index contributed by atoms with van der Waals surface area (Å²) < 4.78 is 1.63. The summed E-state index contributed by atoms with van der Waals surface area (Å²) in [5.74, 6) is -0.540. The van der Waals surface area contributed by atoms with Crippen molar-refractivity contribution in [2.75, 3.05) is 0 Å². The monoisotopic (exact) mass is 306 g/mol. The summed E-state index contributed by atoms with van der Waals surface area (Å²) >= 11 is 12.2. The Kier molecular flexibility index (Phi) is 3.12. The molecule has 0 amide bonds. The molecule has 100 valence electrons. The van der Waals surface area contributed by atoms with Crippen LogP contribution in [0, 0.1) is 0 Å². The lowest BCUT2D eigenvalue weighted by Crippen LogP contribution is -2.00. The molecule has 0 fully saturated rings. The molecule has 0 aliphatic rings. The molecule has 0 saturated carbocycles. The van der Waals surface area contributed by atoms with Gasteiger partial charge in [0, 0.05) is 11.8 Å². The van der Waals surface area contributed by atoms with Gasteiger partial charge < -0.3 is 5.11 Å². The molecule has 20 heavy (non-hydrogen) atoms. The normalized spacial score (nSPS) is 10.9.